The molecule has 0 spiro atoms. The summed E-state index contributed by atoms with van der Waals surface area (Å²) in [5, 5.41) is 8.70. The Hall–Kier alpha value is -1.83. The fourth-order valence-corrected chi connectivity index (χ4v) is 3.78. The number of amides is 1. The zero-order valence-corrected chi connectivity index (χ0v) is 14.0. The third-order valence-corrected chi connectivity index (χ3v) is 5.18. The van der Waals surface area contributed by atoms with E-state index in [0.29, 0.717) is 17.3 Å². The first kappa shape index (κ1) is 17.5. The number of alkyl halides is 3. The smallest absolute Gasteiger partial charge is 0.348 e. The number of nitrogens with one attached hydrogen (secondary N) is 1. The second-order valence-electron chi connectivity index (χ2n) is 5.62. The Bertz CT molecular complexity index is 688. The summed E-state index contributed by atoms with van der Waals surface area (Å²) >= 11 is 0. The lowest BCUT2D eigenvalue weighted by Gasteiger charge is -2.04. The number of thiophene rings is 1. The Morgan fingerprint density at radius 1 is 1.43 bits per heavy atom. The molecular formula is C15H19F3N3OS+. The van der Waals surface area contributed by atoms with Crippen LogP contribution in [0.1, 0.15) is 35.6 Å². The molecule has 1 atom stereocenters. The molecule has 0 aliphatic heterocycles. The van der Waals surface area contributed by atoms with Crippen LogP contribution in [0.4, 0.5) is 13.2 Å². The first-order chi connectivity index (χ1) is 10.7. The molecule has 8 heteroatoms. The van der Waals surface area contributed by atoms with Crippen LogP contribution in [0.25, 0.3) is 5.03 Å². The zero-order valence-electron chi connectivity index (χ0n) is 13.1. The number of aryl methyl sites for hydroxylation is 1. The first-order valence-corrected chi connectivity index (χ1v) is 8.50. The predicted molar refractivity (Wildman–Crippen MR) is 83.8 cm³/mol. The molecule has 0 bridgehead atoms. The number of carbonyl (C=O) groups is 1. The van der Waals surface area contributed by atoms with Crippen LogP contribution < -0.4 is 5.32 Å². The molecule has 0 saturated carbocycles. The summed E-state index contributed by atoms with van der Waals surface area (Å²) in [5.41, 5.74) is -0.820. The van der Waals surface area contributed by atoms with Crippen molar-refractivity contribution in [3.8, 4) is 5.03 Å². The van der Waals surface area contributed by atoms with E-state index in [1.807, 2.05) is 0 Å². The highest BCUT2D eigenvalue weighted by Gasteiger charge is 2.37. The third-order valence-electron chi connectivity index (χ3n) is 3.30. The first-order valence-electron chi connectivity index (χ1n) is 7.21. The Labute approximate surface area is 135 Å². The van der Waals surface area contributed by atoms with Crippen LogP contribution in [0.3, 0.4) is 0 Å². The topological polar surface area (TPSA) is 46.9 Å². The van der Waals surface area contributed by atoms with Gasteiger partial charge in [0.1, 0.15) is 11.1 Å². The van der Waals surface area contributed by atoms with Gasteiger partial charge in [0.25, 0.3) is 5.03 Å². The lowest BCUT2D eigenvalue weighted by molar-refractivity contribution is -0.143. The predicted octanol–water partition coefficient (Wildman–Crippen LogP) is 3.95. The average molecular weight is 346 g/mol. The van der Waals surface area contributed by atoms with Gasteiger partial charge in [-0.2, -0.15) is 13.2 Å². The largest absolute Gasteiger partial charge is 0.433 e. The van der Waals surface area contributed by atoms with Crippen LogP contribution in [0.2, 0.25) is 0 Å². The van der Waals surface area contributed by atoms with E-state index in [1.165, 1.54) is 7.05 Å². The molecule has 23 heavy (non-hydrogen) atoms. The van der Waals surface area contributed by atoms with Gasteiger partial charge < -0.3 is 5.32 Å². The highest BCUT2D eigenvalue weighted by atomic mass is 32.2. The standard InChI is InChI=1S/C15H18F3N3OS/c1-10(2)6-7-19-14(22)11-5-4-8-23(11)13-9-12(15(16,17)18)21(3)20-13/h4-5,8-10H,6-7H2,1-3H3/p+1. The SMILES string of the molecule is CC(C)CCNC(=O)c1ccc[s+]1-c1cc(C(F)(F)F)n(C)n1. The quantitative estimate of drug-likeness (QED) is 0.833. The maximum atomic E-state index is 12.9. The second-order valence-corrected chi connectivity index (χ2v) is 7.43. The van der Waals surface area contributed by atoms with Gasteiger partial charge in [-0.15, -0.1) is 5.10 Å². The Balaban J connectivity index is 2.23. The van der Waals surface area contributed by atoms with E-state index in [0.717, 1.165) is 17.2 Å². The van der Waals surface area contributed by atoms with Crippen molar-refractivity contribution in [3.05, 3.63) is 34.2 Å². The molecule has 0 saturated heterocycles. The van der Waals surface area contributed by atoms with Crippen LogP contribution in [0, 0.1) is 5.92 Å². The third kappa shape index (κ3) is 4.13. The van der Waals surface area contributed by atoms with Crippen molar-refractivity contribution in [1.29, 1.82) is 0 Å². The summed E-state index contributed by atoms with van der Waals surface area (Å²) in [6.07, 6.45) is -3.61. The summed E-state index contributed by atoms with van der Waals surface area (Å²) in [7, 11) is 0.391. The zero-order chi connectivity index (χ0) is 17.2. The number of halogens is 3. The molecule has 1 amide bonds. The molecular weight excluding hydrogens is 327 g/mol. The number of aromatic nitrogens is 2. The fourth-order valence-electron chi connectivity index (χ4n) is 2.08. The number of rotatable bonds is 5. The van der Waals surface area contributed by atoms with Crippen molar-refractivity contribution in [2.75, 3.05) is 6.54 Å². The second kappa shape index (κ2) is 6.74. The van der Waals surface area contributed by atoms with E-state index >= 15 is 0 Å². The lowest BCUT2D eigenvalue weighted by atomic mass is 10.1. The molecule has 1 unspecified atom stereocenters. The van der Waals surface area contributed by atoms with Crippen LogP contribution in [-0.2, 0) is 13.2 Å². The van der Waals surface area contributed by atoms with E-state index in [1.54, 1.807) is 17.5 Å². The van der Waals surface area contributed by atoms with Crippen LogP contribution >= 0.6 is 10.5 Å². The van der Waals surface area contributed by atoms with Gasteiger partial charge in [0, 0.05) is 30.1 Å². The highest BCUT2D eigenvalue weighted by Crippen LogP contribution is 2.38. The van der Waals surface area contributed by atoms with Crippen molar-refractivity contribution in [2.45, 2.75) is 26.4 Å². The average Bonchev–Trinajstić information content (AvgIpc) is 3.03. The van der Waals surface area contributed by atoms with E-state index in [4.69, 9.17) is 0 Å². The van der Waals surface area contributed by atoms with Gasteiger partial charge in [0.15, 0.2) is 0 Å². The van der Waals surface area contributed by atoms with Gasteiger partial charge >= 0.3 is 12.1 Å². The number of carbonyl (C=O) groups excluding carboxylic acids is 1. The summed E-state index contributed by atoms with van der Waals surface area (Å²) in [6, 6.07) is 4.33. The molecule has 1 N–H and O–H groups in total. The maximum absolute atomic E-state index is 12.9. The van der Waals surface area contributed by atoms with Gasteiger partial charge in [-0.3, -0.25) is 9.48 Å². The maximum Gasteiger partial charge on any atom is 0.433 e. The van der Waals surface area contributed by atoms with E-state index < -0.39 is 22.3 Å². The highest BCUT2D eigenvalue weighted by molar-refractivity contribution is 7.39. The van der Waals surface area contributed by atoms with Crippen LogP contribution in [-0.4, -0.2) is 22.2 Å². The van der Waals surface area contributed by atoms with Crippen molar-refractivity contribution >= 4 is 16.4 Å². The number of hydrogen-bond donors (Lipinski definition) is 1. The fraction of sp³-hybridized carbons (Fsp3) is 0.467. The Morgan fingerprint density at radius 2 is 2.13 bits per heavy atom. The molecule has 126 valence electrons. The Kier molecular flexibility index (Phi) is 5.13. The normalized spacial score (nSPS) is 12.7. The van der Waals surface area contributed by atoms with Crippen LogP contribution in [0.5, 0.6) is 0 Å². The van der Waals surface area contributed by atoms with Gasteiger partial charge in [-0.05, 0) is 18.4 Å². The molecule has 0 radical (unpaired) electrons. The molecule has 2 aromatic rings. The van der Waals surface area contributed by atoms with E-state index in [2.05, 4.69) is 24.3 Å². The molecule has 2 aromatic heterocycles. The molecule has 2 rings (SSSR count). The molecule has 4 nitrogen and oxygen atoms in total. The van der Waals surface area contributed by atoms with Crippen molar-refractivity contribution in [3.63, 3.8) is 0 Å². The minimum atomic E-state index is -4.46. The molecule has 2 heterocycles. The molecule has 0 fully saturated rings. The lowest BCUT2D eigenvalue weighted by Crippen LogP contribution is -2.24. The summed E-state index contributed by atoms with van der Waals surface area (Å²) in [6.45, 7) is 4.65. The molecule has 0 aliphatic rings. The number of nitrogens with zero attached hydrogens (tertiary/aromatic N) is 2. The van der Waals surface area contributed by atoms with E-state index in [-0.39, 0.29) is 10.9 Å². The summed E-state index contributed by atoms with van der Waals surface area (Å²) in [4.78, 5) is 12.7. The van der Waals surface area contributed by atoms with Gasteiger partial charge in [0.2, 0.25) is 4.88 Å². The Morgan fingerprint density at radius 3 is 2.70 bits per heavy atom. The van der Waals surface area contributed by atoms with E-state index in [9.17, 15) is 18.0 Å². The van der Waals surface area contributed by atoms with Crippen LogP contribution in [0.15, 0.2) is 23.6 Å². The molecule has 0 aliphatic carbocycles. The monoisotopic (exact) mass is 346 g/mol. The summed E-state index contributed by atoms with van der Waals surface area (Å²) in [5.74, 6) is 0.215. The number of hydrogen-bond acceptors (Lipinski definition) is 2. The summed E-state index contributed by atoms with van der Waals surface area (Å²) < 4.78 is 39.4. The molecule has 0 aromatic carbocycles. The van der Waals surface area contributed by atoms with Gasteiger partial charge in [-0.25, -0.2) is 0 Å². The van der Waals surface area contributed by atoms with Gasteiger partial charge in [0.05, 0.1) is 6.07 Å². The van der Waals surface area contributed by atoms with Crippen molar-refractivity contribution in [1.82, 2.24) is 15.1 Å². The minimum absolute atomic E-state index is 0.249. The minimum Gasteiger partial charge on any atom is -0.348 e. The van der Waals surface area contributed by atoms with Gasteiger partial charge in [-0.1, -0.05) is 13.8 Å². The van der Waals surface area contributed by atoms with Crippen molar-refractivity contribution < 1.29 is 18.0 Å². The van der Waals surface area contributed by atoms with Crippen molar-refractivity contribution in [2.24, 2.45) is 13.0 Å².